The molecular weight excluding hydrogens is 516 g/mol. The van der Waals surface area contributed by atoms with Crippen LogP contribution in [0.3, 0.4) is 0 Å². The van der Waals surface area contributed by atoms with Gasteiger partial charge in [-0.1, -0.05) is 42.5 Å². The Balaban J connectivity index is 1.51. The molecule has 0 aliphatic carbocycles. The second-order valence-corrected chi connectivity index (χ2v) is 10.2. The number of benzene rings is 3. The molecule has 3 N–H and O–H groups in total. The van der Waals surface area contributed by atoms with Crippen molar-refractivity contribution in [3.63, 3.8) is 0 Å². The molecule has 8 heteroatoms. The van der Waals surface area contributed by atoms with E-state index in [1.54, 1.807) is 12.1 Å². The molecule has 0 amide bonds. The third-order valence-corrected chi connectivity index (χ3v) is 7.11. The van der Waals surface area contributed by atoms with Crippen molar-refractivity contribution in [2.75, 3.05) is 13.2 Å². The molecule has 0 aliphatic rings. The van der Waals surface area contributed by atoms with E-state index < -0.39 is 18.0 Å². The summed E-state index contributed by atoms with van der Waals surface area (Å²) in [5, 5.41) is 28.5. The molecule has 39 heavy (non-hydrogen) atoms. The summed E-state index contributed by atoms with van der Waals surface area (Å²) >= 11 is 1.40. The molecule has 0 aromatic heterocycles. The average Bonchev–Trinajstić information content (AvgIpc) is 2.94. The van der Waals surface area contributed by atoms with E-state index >= 15 is 0 Å². The minimum atomic E-state index is -0.999. The number of aromatic carboxylic acids is 1. The van der Waals surface area contributed by atoms with Gasteiger partial charge in [-0.25, -0.2) is 4.79 Å². The largest absolute Gasteiger partial charge is 0.494 e. The third-order valence-electron chi connectivity index (χ3n) is 5.82. The number of carbonyl (C=O) groups is 2. The van der Waals surface area contributed by atoms with Gasteiger partial charge in [0.25, 0.3) is 0 Å². The molecular formula is C31H34O7S. The summed E-state index contributed by atoms with van der Waals surface area (Å²) in [6.45, 7) is 1.23. The predicted molar refractivity (Wildman–Crippen MR) is 153 cm³/mol. The van der Waals surface area contributed by atoms with Gasteiger partial charge in [0.15, 0.2) is 0 Å². The van der Waals surface area contributed by atoms with Gasteiger partial charge in [0.05, 0.1) is 30.1 Å². The van der Waals surface area contributed by atoms with Gasteiger partial charge in [-0.15, -0.1) is 11.8 Å². The Morgan fingerprint density at radius 3 is 2.00 bits per heavy atom. The van der Waals surface area contributed by atoms with Gasteiger partial charge in [-0.3, -0.25) is 4.79 Å². The second kappa shape index (κ2) is 16.3. The number of para-hydroxylation sites is 1. The van der Waals surface area contributed by atoms with E-state index in [0.717, 1.165) is 34.8 Å². The van der Waals surface area contributed by atoms with Gasteiger partial charge in [-0.2, -0.15) is 0 Å². The normalized spacial score (nSPS) is 12.6. The number of hydrogen-bond acceptors (Lipinski definition) is 6. The number of aliphatic hydroxyl groups excluding tert-OH is 1. The Kier molecular flexibility index (Phi) is 12.4. The standard InChI is InChI=1S/C31H34O7S/c32-28(9-6-10-30(33)34)29(39-27-18-14-24(15-19-27)31(35)36)20-13-23-11-16-26(17-12-23)38-22-5-4-21-37-25-7-2-1-3-8-25/h1-3,7-8,11-20,28-29,32H,4-6,9-10,21-22H2,(H,33,34)(H,35,36)/b20-13-/t28-,29+/m0/s1. The van der Waals surface area contributed by atoms with Gasteiger partial charge in [0.2, 0.25) is 0 Å². The highest BCUT2D eigenvalue weighted by atomic mass is 32.2. The fourth-order valence-corrected chi connectivity index (χ4v) is 4.75. The number of aliphatic hydroxyl groups is 1. The van der Waals surface area contributed by atoms with E-state index in [1.165, 1.54) is 23.9 Å². The van der Waals surface area contributed by atoms with Crippen LogP contribution < -0.4 is 9.47 Å². The summed E-state index contributed by atoms with van der Waals surface area (Å²) in [4.78, 5) is 22.8. The van der Waals surface area contributed by atoms with Crippen molar-refractivity contribution in [3.8, 4) is 11.5 Å². The van der Waals surface area contributed by atoms with Crippen molar-refractivity contribution < 1.29 is 34.4 Å². The Labute approximate surface area is 233 Å². The lowest BCUT2D eigenvalue weighted by molar-refractivity contribution is -0.137. The minimum absolute atomic E-state index is 0.00696. The zero-order valence-corrected chi connectivity index (χ0v) is 22.5. The van der Waals surface area contributed by atoms with Crippen molar-refractivity contribution in [3.05, 3.63) is 96.1 Å². The van der Waals surface area contributed by atoms with Crippen LogP contribution in [0.1, 0.15) is 48.0 Å². The van der Waals surface area contributed by atoms with Gasteiger partial charge in [0.1, 0.15) is 11.5 Å². The number of rotatable bonds is 17. The molecule has 0 fully saturated rings. The van der Waals surface area contributed by atoms with Crippen LogP contribution in [0, 0.1) is 0 Å². The van der Waals surface area contributed by atoms with Crippen LogP contribution in [-0.4, -0.2) is 51.8 Å². The van der Waals surface area contributed by atoms with Gasteiger partial charge < -0.3 is 24.8 Å². The van der Waals surface area contributed by atoms with E-state index in [1.807, 2.05) is 66.7 Å². The Bertz CT molecular complexity index is 1180. The highest BCUT2D eigenvalue weighted by Gasteiger charge is 2.18. The maximum absolute atomic E-state index is 11.1. The van der Waals surface area contributed by atoms with Crippen LogP contribution in [-0.2, 0) is 4.79 Å². The van der Waals surface area contributed by atoms with Crippen LogP contribution in [0.15, 0.2) is 89.8 Å². The fourth-order valence-electron chi connectivity index (χ4n) is 3.69. The van der Waals surface area contributed by atoms with Crippen molar-refractivity contribution in [1.82, 2.24) is 0 Å². The molecule has 0 heterocycles. The molecule has 7 nitrogen and oxygen atoms in total. The Morgan fingerprint density at radius 1 is 0.795 bits per heavy atom. The van der Waals surface area contributed by atoms with E-state index in [-0.39, 0.29) is 17.2 Å². The van der Waals surface area contributed by atoms with Crippen molar-refractivity contribution in [2.24, 2.45) is 0 Å². The van der Waals surface area contributed by atoms with Gasteiger partial charge >= 0.3 is 11.9 Å². The first-order valence-corrected chi connectivity index (χ1v) is 13.8. The zero-order valence-electron chi connectivity index (χ0n) is 21.6. The Morgan fingerprint density at radius 2 is 1.41 bits per heavy atom. The van der Waals surface area contributed by atoms with Gasteiger partial charge in [0, 0.05) is 11.3 Å². The molecule has 0 bridgehead atoms. The minimum Gasteiger partial charge on any atom is -0.494 e. The maximum atomic E-state index is 11.1. The van der Waals surface area contributed by atoms with Crippen LogP contribution in [0.25, 0.3) is 6.08 Å². The summed E-state index contributed by atoms with van der Waals surface area (Å²) in [7, 11) is 0. The topological polar surface area (TPSA) is 113 Å². The summed E-state index contributed by atoms with van der Waals surface area (Å²) < 4.78 is 11.5. The maximum Gasteiger partial charge on any atom is 0.335 e. The number of unbranched alkanes of at least 4 members (excludes halogenated alkanes) is 1. The molecule has 3 aromatic carbocycles. The summed E-state index contributed by atoms with van der Waals surface area (Å²) in [6, 6.07) is 23.9. The molecule has 0 radical (unpaired) electrons. The van der Waals surface area contributed by atoms with Crippen LogP contribution >= 0.6 is 11.8 Å². The highest BCUT2D eigenvalue weighted by Crippen LogP contribution is 2.29. The van der Waals surface area contributed by atoms with Gasteiger partial charge in [-0.05, 0) is 79.8 Å². The quantitative estimate of drug-likeness (QED) is 0.130. The number of ether oxygens (including phenoxy) is 2. The number of aliphatic carboxylic acids is 1. The average molecular weight is 551 g/mol. The molecule has 3 aromatic rings. The van der Waals surface area contributed by atoms with Crippen molar-refractivity contribution in [2.45, 2.75) is 48.4 Å². The molecule has 3 rings (SSSR count). The first kappa shape index (κ1) is 29.8. The zero-order chi connectivity index (χ0) is 27.9. The van der Waals surface area contributed by atoms with Crippen molar-refractivity contribution >= 4 is 29.8 Å². The van der Waals surface area contributed by atoms with Crippen LogP contribution in [0.2, 0.25) is 0 Å². The molecule has 0 saturated heterocycles. The first-order valence-electron chi connectivity index (χ1n) is 12.9. The van der Waals surface area contributed by atoms with E-state index in [4.69, 9.17) is 19.7 Å². The lowest BCUT2D eigenvalue weighted by Gasteiger charge is -2.19. The molecule has 2 atom stereocenters. The number of carboxylic acids is 2. The molecule has 0 saturated carbocycles. The SMILES string of the molecule is O=C(O)CCC[C@H](O)[C@@H](/C=C\c1ccc(OCCCCOc2ccccc2)cc1)Sc1ccc(C(=O)O)cc1. The van der Waals surface area contributed by atoms with E-state index in [0.29, 0.717) is 26.1 Å². The molecule has 0 unspecified atom stereocenters. The smallest absolute Gasteiger partial charge is 0.335 e. The van der Waals surface area contributed by atoms with E-state index in [2.05, 4.69) is 0 Å². The van der Waals surface area contributed by atoms with Crippen molar-refractivity contribution in [1.29, 1.82) is 0 Å². The lowest BCUT2D eigenvalue weighted by Crippen LogP contribution is -2.21. The van der Waals surface area contributed by atoms with Crippen LogP contribution in [0.4, 0.5) is 0 Å². The number of hydrogen-bond donors (Lipinski definition) is 3. The number of thioether (sulfide) groups is 1. The molecule has 0 aliphatic heterocycles. The predicted octanol–water partition coefficient (Wildman–Crippen LogP) is 6.41. The lowest BCUT2D eigenvalue weighted by atomic mass is 10.1. The molecule has 206 valence electrons. The summed E-state index contributed by atoms with van der Waals surface area (Å²) in [6.07, 6.45) is 5.50. The number of carboxylic acid groups (broad SMARTS) is 2. The highest BCUT2D eigenvalue weighted by molar-refractivity contribution is 8.00. The molecule has 0 spiro atoms. The monoisotopic (exact) mass is 550 g/mol. The van der Waals surface area contributed by atoms with E-state index in [9.17, 15) is 14.7 Å². The Hall–Kier alpha value is -3.75. The fraction of sp³-hybridized carbons (Fsp3) is 0.290. The second-order valence-electron chi connectivity index (χ2n) is 8.91. The summed E-state index contributed by atoms with van der Waals surface area (Å²) in [5.41, 5.74) is 1.12. The van der Waals surface area contributed by atoms with Crippen LogP contribution in [0.5, 0.6) is 11.5 Å². The summed E-state index contributed by atoms with van der Waals surface area (Å²) in [5.74, 6) is -0.254. The first-order chi connectivity index (χ1) is 18.9. The third kappa shape index (κ3) is 11.3.